The van der Waals surface area contributed by atoms with Crippen molar-refractivity contribution in [3.8, 4) is 34.3 Å². The standard InChI is InChI=1S/C24H24N4O5/c1-30-20-12-16(13-21(31-2)23(20)32-3)17-14-18(28-27-17)24(29)26-10-11-33-19-8-4-6-15-7-5-9-25-22(15)19/h4-9,12-14H,10-11H2,1-3H3,(H,26,29)(H,27,28). The van der Waals surface area contributed by atoms with Gasteiger partial charge in [0.2, 0.25) is 5.75 Å². The summed E-state index contributed by atoms with van der Waals surface area (Å²) >= 11 is 0. The van der Waals surface area contributed by atoms with E-state index in [1.54, 1.807) is 38.6 Å². The molecule has 0 atom stereocenters. The fourth-order valence-corrected chi connectivity index (χ4v) is 3.43. The van der Waals surface area contributed by atoms with Crippen LogP contribution in [0.15, 0.2) is 54.7 Å². The number of carbonyl (C=O) groups excluding carboxylic acids is 1. The fraction of sp³-hybridized carbons (Fsp3) is 0.208. The lowest BCUT2D eigenvalue weighted by atomic mass is 10.1. The van der Waals surface area contributed by atoms with E-state index >= 15 is 0 Å². The lowest BCUT2D eigenvalue weighted by Crippen LogP contribution is -2.28. The Labute approximate surface area is 190 Å². The summed E-state index contributed by atoms with van der Waals surface area (Å²) in [5, 5.41) is 10.8. The van der Waals surface area contributed by atoms with Crippen LogP contribution in [0.5, 0.6) is 23.0 Å². The third kappa shape index (κ3) is 4.67. The number of carbonyl (C=O) groups is 1. The molecule has 2 heterocycles. The van der Waals surface area contributed by atoms with Crippen LogP contribution in [0.1, 0.15) is 10.5 Å². The van der Waals surface area contributed by atoms with Crippen LogP contribution in [0.4, 0.5) is 0 Å². The molecule has 2 N–H and O–H groups in total. The maximum Gasteiger partial charge on any atom is 0.269 e. The molecule has 0 radical (unpaired) electrons. The van der Waals surface area contributed by atoms with Crippen LogP contribution >= 0.6 is 0 Å². The first-order valence-electron chi connectivity index (χ1n) is 10.2. The Kier molecular flexibility index (Phi) is 6.58. The first-order chi connectivity index (χ1) is 16.1. The molecular formula is C24H24N4O5. The van der Waals surface area contributed by atoms with E-state index in [2.05, 4.69) is 20.5 Å². The molecule has 0 fully saturated rings. The van der Waals surface area contributed by atoms with E-state index in [0.29, 0.717) is 53.1 Å². The number of fused-ring (bicyclic) bond motifs is 1. The Morgan fingerprint density at radius 1 is 0.970 bits per heavy atom. The van der Waals surface area contributed by atoms with E-state index in [-0.39, 0.29) is 5.91 Å². The second-order valence-electron chi connectivity index (χ2n) is 7.02. The molecule has 4 aromatic rings. The molecule has 170 valence electrons. The zero-order chi connectivity index (χ0) is 23.2. The van der Waals surface area contributed by atoms with E-state index in [4.69, 9.17) is 18.9 Å². The fourth-order valence-electron chi connectivity index (χ4n) is 3.43. The van der Waals surface area contributed by atoms with Gasteiger partial charge in [-0.25, -0.2) is 0 Å². The van der Waals surface area contributed by atoms with Gasteiger partial charge in [0.1, 0.15) is 23.6 Å². The number of para-hydroxylation sites is 1. The third-order valence-electron chi connectivity index (χ3n) is 5.02. The Balaban J connectivity index is 1.39. The lowest BCUT2D eigenvalue weighted by molar-refractivity contribution is 0.0942. The molecular weight excluding hydrogens is 424 g/mol. The summed E-state index contributed by atoms with van der Waals surface area (Å²) in [6.45, 7) is 0.621. The molecule has 9 nitrogen and oxygen atoms in total. The number of amides is 1. The smallest absolute Gasteiger partial charge is 0.269 e. The predicted octanol–water partition coefficient (Wildman–Crippen LogP) is 3.46. The van der Waals surface area contributed by atoms with Crippen LogP contribution < -0.4 is 24.3 Å². The molecule has 0 aliphatic carbocycles. The molecule has 0 saturated carbocycles. The number of ether oxygens (including phenoxy) is 4. The zero-order valence-corrected chi connectivity index (χ0v) is 18.5. The van der Waals surface area contributed by atoms with Gasteiger partial charge in [-0.05, 0) is 30.3 Å². The maximum atomic E-state index is 12.5. The van der Waals surface area contributed by atoms with Gasteiger partial charge in [-0.1, -0.05) is 18.2 Å². The van der Waals surface area contributed by atoms with Crippen molar-refractivity contribution in [3.05, 3.63) is 60.4 Å². The monoisotopic (exact) mass is 448 g/mol. The Bertz CT molecular complexity index is 1240. The highest BCUT2D eigenvalue weighted by atomic mass is 16.5. The summed E-state index contributed by atoms with van der Waals surface area (Å²) in [5.74, 6) is 1.87. The van der Waals surface area contributed by atoms with Crippen LogP contribution in [-0.4, -0.2) is 55.6 Å². The van der Waals surface area contributed by atoms with E-state index in [0.717, 1.165) is 10.9 Å². The van der Waals surface area contributed by atoms with Gasteiger partial charge in [-0.2, -0.15) is 5.10 Å². The minimum atomic E-state index is -0.291. The van der Waals surface area contributed by atoms with E-state index in [1.807, 2.05) is 30.3 Å². The Morgan fingerprint density at radius 3 is 2.45 bits per heavy atom. The minimum Gasteiger partial charge on any atom is -0.493 e. The highest BCUT2D eigenvalue weighted by Crippen LogP contribution is 2.40. The Hall–Kier alpha value is -4.27. The predicted molar refractivity (Wildman–Crippen MR) is 123 cm³/mol. The average Bonchev–Trinajstić information content (AvgIpc) is 3.36. The van der Waals surface area contributed by atoms with E-state index in [9.17, 15) is 4.79 Å². The third-order valence-corrected chi connectivity index (χ3v) is 5.02. The van der Waals surface area contributed by atoms with Crippen LogP contribution in [0, 0.1) is 0 Å². The van der Waals surface area contributed by atoms with Crippen molar-refractivity contribution in [2.75, 3.05) is 34.5 Å². The lowest BCUT2D eigenvalue weighted by Gasteiger charge is -2.13. The summed E-state index contributed by atoms with van der Waals surface area (Å²) in [6.07, 6.45) is 1.72. The molecule has 33 heavy (non-hydrogen) atoms. The summed E-state index contributed by atoms with van der Waals surface area (Å²) in [5.41, 5.74) is 2.39. The summed E-state index contributed by atoms with van der Waals surface area (Å²) in [7, 11) is 4.62. The van der Waals surface area contributed by atoms with Gasteiger partial charge < -0.3 is 24.3 Å². The number of hydrogen-bond acceptors (Lipinski definition) is 7. The molecule has 0 bridgehead atoms. The molecule has 2 aromatic carbocycles. The Morgan fingerprint density at radius 2 is 1.73 bits per heavy atom. The minimum absolute atomic E-state index is 0.291. The maximum absolute atomic E-state index is 12.5. The summed E-state index contributed by atoms with van der Waals surface area (Å²) in [4.78, 5) is 16.9. The quantitative estimate of drug-likeness (QED) is 0.378. The van der Waals surface area contributed by atoms with Crippen LogP contribution in [0.25, 0.3) is 22.2 Å². The van der Waals surface area contributed by atoms with Crippen molar-refractivity contribution < 1.29 is 23.7 Å². The number of aromatic nitrogens is 3. The molecule has 0 spiro atoms. The van der Waals surface area contributed by atoms with Crippen molar-refractivity contribution in [3.63, 3.8) is 0 Å². The van der Waals surface area contributed by atoms with Gasteiger partial charge in [0.05, 0.1) is 33.6 Å². The van der Waals surface area contributed by atoms with Gasteiger partial charge in [-0.3, -0.25) is 14.9 Å². The van der Waals surface area contributed by atoms with Crippen molar-refractivity contribution in [2.24, 2.45) is 0 Å². The normalized spacial score (nSPS) is 10.6. The highest BCUT2D eigenvalue weighted by molar-refractivity contribution is 5.93. The first kappa shape index (κ1) is 21.9. The molecule has 0 aliphatic heterocycles. The number of hydrogen-bond donors (Lipinski definition) is 2. The molecule has 2 aromatic heterocycles. The van der Waals surface area contributed by atoms with E-state index in [1.165, 1.54) is 7.11 Å². The second kappa shape index (κ2) is 9.90. The molecule has 4 rings (SSSR count). The number of pyridine rings is 1. The van der Waals surface area contributed by atoms with Crippen molar-refractivity contribution in [1.29, 1.82) is 0 Å². The van der Waals surface area contributed by atoms with Crippen LogP contribution in [0.3, 0.4) is 0 Å². The number of nitrogens with zero attached hydrogens (tertiary/aromatic N) is 2. The van der Waals surface area contributed by atoms with Gasteiger partial charge in [0.25, 0.3) is 5.91 Å². The van der Waals surface area contributed by atoms with E-state index < -0.39 is 0 Å². The number of methoxy groups -OCH3 is 3. The highest BCUT2D eigenvalue weighted by Gasteiger charge is 2.17. The largest absolute Gasteiger partial charge is 0.493 e. The van der Waals surface area contributed by atoms with Crippen LogP contribution in [-0.2, 0) is 0 Å². The summed E-state index contributed by atoms with van der Waals surface area (Å²) in [6, 6.07) is 14.8. The number of rotatable bonds is 9. The van der Waals surface area contributed by atoms with Gasteiger partial charge >= 0.3 is 0 Å². The molecule has 0 aliphatic rings. The number of benzene rings is 2. The number of nitrogens with one attached hydrogen (secondary N) is 2. The number of aromatic amines is 1. The molecule has 9 heteroatoms. The SMILES string of the molecule is COc1cc(-c2cc(C(=O)NCCOc3cccc4cccnc34)[nH]n2)cc(OC)c1OC. The number of H-pyrrole nitrogens is 1. The van der Waals surface area contributed by atoms with Gasteiger partial charge in [-0.15, -0.1) is 0 Å². The average molecular weight is 448 g/mol. The van der Waals surface area contributed by atoms with Crippen LogP contribution in [0.2, 0.25) is 0 Å². The van der Waals surface area contributed by atoms with Crippen molar-refractivity contribution in [1.82, 2.24) is 20.5 Å². The first-order valence-corrected chi connectivity index (χ1v) is 10.2. The summed E-state index contributed by atoms with van der Waals surface area (Å²) < 4.78 is 21.9. The van der Waals surface area contributed by atoms with Crippen molar-refractivity contribution >= 4 is 16.8 Å². The second-order valence-corrected chi connectivity index (χ2v) is 7.02. The van der Waals surface area contributed by atoms with Gasteiger partial charge in [0, 0.05) is 17.1 Å². The molecule has 0 unspecified atom stereocenters. The van der Waals surface area contributed by atoms with Gasteiger partial charge in [0.15, 0.2) is 11.5 Å². The zero-order valence-electron chi connectivity index (χ0n) is 18.5. The molecule has 0 saturated heterocycles. The van der Waals surface area contributed by atoms with Crippen molar-refractivity contribution in [2.45, 2.75) is 0 Å². The molecule has 1 amide bonds. The topological polar surface area (TPSA) is 108 Å².